The molecule has 1 saturated heterocycles. The predicted molar refractivity (Wildman–Crippen MR) is 74.1 cm³/mol. The second-order valence-corrected chi connectivity index (χ2v) is 5.68. The van der Waals surface area contributed by atoms with Gasteiger partial charge in [0.15, 0.2) is 0 Å². The van der Waals surface area contributed by atoms with Gasteiger partial charge in [0, 0.05) is 23.7 Å². The van der Waals surface area contributed by atoms with Crippen molar-refractivity contribution in [2.45, 2.75) is 25.8 Å². The standard InChI is InChI=1S/C14H20BrNO/c1-11(13-4-6-14(15)7-5-13)16-9-12-3-2-8-17-10-12/h4-7,11-12,16H,2-3,8-10H2,1H3. The van der Waals surface area contributed by atoms with E-state index in [1.165, 1.54) is 18.4 Å². The zero-order valence-electron chi connectivity index (χ0n) is 10.3. The lowest BCUT2D eigenvalue weighted by atomic mass is 10.0. The second-order valence-electron chi connectivity index (χ2n) is 4.76. The summed E-state index contributed by atoms with van der Waals surface area (Å²) in [7, 11) is 0. The van der Waals surface area contributed by atoms with Crippen molar-refractivity contribution >= 4 is 15.9 Å². The summed E-state index contributed by atoms with van der Waals surface area (Å²) in [4.78, 5) is 0. The van der Waals surface area contributed by atoms with Crippen LogP contribution < -0.4 is 5.32 Å². The molecule has 0 aromatic heterocycles. The Hall–Kier alpha value is -0.380. The van der Waals surface area contributed by atoms with Crippen molar-refractivity contribution in [2.75, 3.05) is 19.8 Å². The minimum atomic E-state index is 0.407. The molecule has 0 bridgehead atoms. The molecule has 0 radical (unpaired) electrons. The maximum Gasteiger partial charge on any atom is 0.0506 e. The van der Waals surface area contributed by atoms with E-state index >= 15 is 0 Å². The highest BCUT2D eigenvalue weighted by Crippen LogP contribution is 2.18. The second kappa shape index (κ2) is 6.53. The quantitative estimate of drug-likeness (QED) is 0.918. The van der Waals surface area contributed by atoms with Crippen LogP contribution in [-0.4, -0.2) is 19.8 Å². The smallest absolute Gasteiger partial charge is 0.0506 e. The minimum Gasteiger partial charge on any atom is -0.381 e. The van der Waals surface area contributed by atoms with E-state index in [0.29, 0.717) is 12.0 Å². The van der Waals surface area contributed by atoms with Crippen molar-refractivity contribution in [3.05, 3.63) is 34.3 Å². The third kappa shape index (κ3) is 4.09. The summed E-state index contributed by atoms with van der Waals surface area (Å²) in [6.45, 7) is 5.13. The van der Waals surface area contributed by atoms with Gasteiger partial charge in [0.25, 0.3) is 0 Å². The largest absolute Gasteiger partial charge is 0.381 e. The molecule has 1 aliphatic rings. The molecule has 94 valence electrons. The summed E-state index contributed by atoms with van der Waals surface area (Å²) >= 11 is 3.46. The third-order valence-corrected chi connectivity index (χ3v) is 3.87. The van der Waals surface area contributed by atoms with E-state index < -0.39 is 0 Å². The van der Waals surface area contributed by atoms with E-state index in [1.54, 1.807) is 0 Å². The first-order valence-electron chi connectivity index (χ1n) is 6.32. The molecule has 2 rings (SSSR count). The Kier molecular flexibility index (Phi) is 5.01. The van der Waals surface area contributed by atoms with Crippen molar-refractivity contribution in [2.24, 2.45) is 5.92 Å². The zero-order valence-corrected chi connectivity index (χ0v) is 11.9. The van der Waals surface area contributed by atoms with Gasteiger partial charge in [-0.05, 0) is 43.4 Å². The van der Waals surface area contributed by atoms with E-state index in [-0.39, 0.29) is 0 Å². The van der Waals surface area contributed by atoms with Crippen LogP contribution in [0.2, 0.25) is 0 Å². The Balaban J connectivity index is 1.80. The first kappa shape index (κ1) is 13.1. The first-order valence-corrected chi connectivity index (χ1v) is 7.11. The summed E-state index contributed by atoms with van der Waals surface area (Å²) in [5, 5.41) is 3.59. The van der Waals surface area contributed by atoms with Gasteiger partial charge in [-0.2, -0.15) is 0 Å². The van der Waals surface area contributed by atoms with Crippen LogP contribution in [0.15, 0.2) is 28.7 Å². The zero-order chi connectivity index (χ0) is 12.1. The van der Waals surface area contributed by atoms with E-state index in [4.69, 9.17) is 4.74 Å². The van der Waals surface area contributed by atoms with Crippen LogP contribution in [0.3, 0.4) is 0 Å². The van der Waals surface area contributed by atoms with Crippen molar-refractivity contribution in [1.29, 1.82) is 0 Å². The fourth-order valence-corrected chi connectivity index (χ4v) is 2.45. The highest BCUT2D eigenvalue weighted by molar-refractivity contribution is 9.10. The average molecular weight is 298 g/mol. The van der Waals surface area contributed by atoms with Crippen LogP contribution in [0, 0.1) is 5.92 Å². The summed E-state index contributed by atoms with van der Waals surface area (Å²) in [6.07, 6.45) is 2.50. The molecule has 0 spiro atoms. The van der Waals surface area contributed by atoms with Crippen molar-refractivity contribution in [3.8, 4) is 0 Å². The lowest BCUT2D eigenvalue weighted by molar-refractivity contribution is 0.0540. The van der Waals surface area contributed by atoms with Crippen molar-refractivity contribution in [1.82, 2.24) is 5.32 Å². The van der Waals surface area contributed by atoms with Crippen LogP contribution in [0.25, 0.3) is 0 Å². The molecular weight excluding hydrogens is 278 g/mol. The number of hydrogen-bond donors (Lipinski definition) is 1. The maximum atomic E-state index is 5.49. The lowest BCUT2D eigenvalue weighted by Gasteiger charge is -2.24. The van der Waals surface area contributed by atoms with E-state index in [2.05, 4.69) is 52.4 Å². The normalized spacial score (nSPS) is 22.4. The topological polar surface area (TPSA) is 21.3 Å². The Morgan fingerprint density at radius 3 is 2.82 bits per heavy atom. The number of halogens is 1. The molecule has 0 amide bonds. The fraction of sp³-hybridized carbons (Fsp3) is 0.571. The maximum absolute atomic E-state index is 5.49. The number of benzene rings is 1. The Labute approximate surface area is 112 Å². The van der Waals surface area contributed by atoms with Crippen LogP contribution >= 0.6 is 15.9 Å². The van der Waals surface area contributed by atoms with E-state index in [0.717, 1.165) is 24.2 Å². The first-order chi connectivity index (χ1) is 8.25. The number of hydrogen-bond acceptors (Lipinski definition) is 2. The molecule has 0 saturated carbocycles. The monoisotopic (exact) mass is 297 g/mol. The van der Waals surface area contributed by atoms with Gasteiger partial charge in [0.05, 0.1) is 6.61 Å². The van der Waals surface area contributed by atoms with Crippen LogP contribution in [-0.2, 0) is 4.74 Å². The van der Waals surface area contributed by atoms with Crippen molar-refractivity contribution in [3.63, 3.8) is 0 Å². The molecule has 1 N–H and O–H groups in total. The molecule has 1 fully saturated rings. The SMILES string of the molecule is CC(NCC1CCCOC1)c1ccc(Br)cc1. The van der Waals surface area contributed by atoms with Gasteiger partial charge in [0.2, 0.25) is 0 Å². The molecule has 0 aliphatic carbocycles. The molecule has 1 aromatic rings. The molecule has 3 heteroatoms. The Bertz CT molecular complexity index is 333. The summed E-state index contributed by atoms with van der Waals surface area (Å²) < 4.78 is 6.62. The van der Waals surface area contributed by atoms with E-state index in [9.17, 15) is 0 Å². The Morgan fingerprint density at radius 1 is 1.41 bits per heavy atom. The summed E-state index contributed by atoms with van der Waals surface area (Å²) in [6, 6.07) is 8.93. The van der Waals surface area contributed by atoms with Gasteiger partial charge in [-0.25, -0.2) is 0 Å². The summed E-state index contributed by atoms with van der Waals surface area (Å²) in [5.74, 6) is 0.682. The van der Waals surface area contributed by atoms with Gasteiger partial charge in [0.1, 0.15) is 0 Å². The van der Waals surface area contributed by atoms with Crippen LogP contribution in [0.5, 0.6) is 0 Å². The molecule has 1 heterocycles. The van der Waals surface area contributed by atoms with Crippen LogP contribution in [0.1, 0.15) is 31.4 Å². The van der Waals surface area contributed by atoms with Gasteiger partial charge >= 0.3 is 0 Å². The fourth-order valence-electron chi connectivity index (χ4n) is 2.18. The molecule has 1 aromatic carbocycles. The molecule has 2 unspecified atom stereocenters. The molecule has 2 atom stereocenters. The highest BCUT2D eigenvalue weighted by Gasteiger charge is 2.14. The van der Waals surface area contributed by atoms with E-state index in [1.807, 2.05) is 0 Å². The Morgan fingerprint density at radius 2 is 2.18 bits per heavy atom. The number of nitrogens with one attached hydrogen (secondary N) is 1. The van der Waals surface area contributed by atoms with Gasteiger partial charge in [-0.1, -0.05) is 28.1 Å². The average Bonchev–Trinajstić information content (AvgIpc) is 2.38. The highest BCUT2D eigenvalue weighted by atomic mass is 79.9. The van der Waals surface area contributed by atoms with Gasteiger partial charge in [-0.15, -0.1) is 0 Å². The predicted octanol–water partition coefficient (Wildman–Crippen LogP) is 3.53. The van der Waals surface area contributed by atoms with Crippen molar-refractivity contribution < 1.29 is 4.74 Å². The lowest BCUT2D eigenvalue weighted by Crippen LogP contribution is -2.30. The number of rotatable bonds is 4. The summed E-state index contributed by atoms with van der Waals surface area (Å²) in [5.41, 5.74) is 1.34. The molecule has 1 aliphatic heterocycles. The minimum absolute atomic E-state index is 0.407. The van der Waals surface area contributed by atoms with Gasteiger partial charge < -0.3 is 10.1 Å². The third-order valence-electron chi connectivity index (χ3n) is 3.34. The molecule has 2 nitrogen and oxygen atoms in total. The molecular formula is C14H20BrNO. The number of ether oxygens (including phenoxy) is 1. The van der Waals surface area contributed by atoms with Gasteiger partial charge in [-0.3, -0.25) is 0 Å². The molecule has 17 heavy (non-hydrogen) atoms. The van der Waals surface area contributed by atoms with Crippen LogP contribution in [0.4, 0.5) is 0 Å².